The van der Waals surface area contributed by atoms with E-state index in [2.05, 4.69) is 17.4 Å². The predicted octanol–water partition coefficient (Wildman–Crippen LogP) is 1.99. The number of nitrogens with one attached hydrogen (secondary N) is 2. The molecule has 27 heavy (non-hydrogen) atoms. The summed E-state index contributed by atoms with van der Waals surface area (Å²) in [6, 6.07) is 0. The molecule has 1 saturated carbocycles. The molecule has 0 radical (unpaired) electrons. The van der Waals surface area contributed by atoms with Crippen LogP contribution in [0.25, 0.3) is 0 Å². The highest BCUT2D eigenvalue weighted by atomic mass is 16.7. The van der Waals surface area contributed by atoms with Gasteiger partial charge in [0.15, 0.2) is 0 Å². The monoisotopic (exact) mass is 380 g/mol. The normalized spacial score (nSPS) is 24.7. The molecule has 2 heterocycles. The van der Waals surface area contributed by atoms with E-state index in [9.17, 15) is 9.59 Å². The topological polar surface area (TPSA) is 103 Å². The fourth-order valence-corrected chi connectivity index (χ4v) is 4.35. The largest absolute Gasteiger partial charge is 0.390 e. The molecule has 0 spiro atoms. The average Bonchev–Trinajstić information content (AvgIpc) is 3.15. The fraction of sp³-hybridized carbons (Fsp3) is 0.842. The van der Waals surface area contributed by atoms with Gasteiger partial charge in [0.05, 0.1) is 0 Å². The molecule has 0 bridgehead atoms. The molecule has 3 aliphatic rings. The highest BCUT2D eigenvalue weighted by molar-refractivity contribution is 5.90. The third-order valence-corrected chi connectivity index (χ3v) is 5.94. The van der Waals surface area contributed by atoms with Crippen LogP contribution in [0.1, 0.15) is 64.7 Å². The third-order valence-electron chi connectivity index (χ3n) is 5.94. The van der Waals surface area contributed by atoms with E-state index in [1.54, 1.807) is 10.4 Å². The molecule has 0 aromatic carbocycles. The van der Waals surface area contributed by atoms with Crippen molar-refractivity contribution in [1.29, 1.82) is 0 Å². The number of carbonyl (C=O) groups excluding carboxylic acids is 2. The molecule has 8 nitrogen and oxygen atoms in total. The SMILES string of the molecule is CC1CN(C(=O)C2N=C([C@H](CCCC3CCCCC3)CC(=O)NO)ON2)C1. The second kappa shape index (κ2) is 9.50. The van der Waals surface area contributed by atoms with Gasteiger partial charge >= 0.3 is 0 Å². The second-order valence-electron chi connectivity index (χ2n) is 8.31. The van der Waals surface area contributed by atoms with Crippen LogP contribution >= 0.6 is 0 Å². The maximum Gasteiger partial charge on any atom is 0.265 e. The van der Waals surface area contributed by atoms with Crippen molar-refractivity contribution in [1.82, 2.24) is 15.9 Å². The Morgan fingerprint density at radius 2 is 2.07 bits per heavy atom. The van der Waals surface area contributed by atoms with Gasteiger partial charge in [0, 0.05) is 25.4 Å². The molecule has 0 aromatic heterocycles. The maximum atomic E-state index is 12.4. The summed E-state index contributed by atoms with van der Waals surface area (Å²) in [6.07, 6.45) is 8.83. The first-order valence-corrected chi connectivity index (χ1v) is 10.3. The summed E-state index contributed by atoms with van der Waals surface area (Å²) in [6.45, 7) is 3.60. The van der Waals surface area contributed by atoms with Crippen molar-refractivity contribution in [3.63, 3.8) is 0 Å². The number of rotatable bonds is 8. The fourth-order valence-electron chi connectivity index (χ4n) is 4.35. The third kappa shape index (κ3) is 5.42. The van der Waals surface area contributed by atoms with Gasteiger partial charge < -0.3 is 9.74 Å². The Morgan fingerprint density at radius 3 is 2.74 bits per heavy atom. The Morgan fingerprint density at radius 1 is 1.33 bits per heavy atom. The lowest BCUT2D eigenvalue weighted by Crippen LogP contribution is -2.53. The first-order valence-electron chi connectivity index (χ1n) is 10.3. The van der Waals surface area contributed by atoms with Crippen LogP contribution in [-0.4, -0.2) is 47.1 Å². The van der Waals surface area contributed by atoms with Crippen LogP contribution in [-0.2, 0) is 14.4 Å². The number of hydrogen-bond acceptors (Lipinski definition) is 6. The van der Waals surface area contributed by atoms with Crippen LogP contribution in [0.5, 0.6) is 0 Å². The highest BCUT2D eigenvalue weighted by Crippen LogP contribution is 2.29. The molecule has 3 N–H and O–H groups in total. The Labute approximate surface area is 160 Å². The number of nitrogens with zero attached hydrogens (tertiary/aromatic N) is 2. The smallest absolute Gasteiger partial charge is 0.265 e. The summed E-state index contributed by atoms with van der Waals surface area (Å²) < 4.78 is 0. The zero-order chi connectivity index (χ0) is 19.2. The Kier molecular flexibility index (Phi) is 7.07. The van der Waals surface area contributed by atoms with E-state index in [1.807, 2.05) is 0 Å². The predicted molar refractivity (Wildman–Crippen MR) is 99.6 cm³/mol. The van der Waals surface area contributed by atoms with E-state index in [-0.39, 0.29) is 18.2 Å². The van der Waals surface area contributed by atoms with E-state index in [1.165, 1.54) is 32.1 Å². The van der Waals surface area contributed by atoms with E-state index in [0.29, 0.717) is 11.8 Å². The van der Waals surface area contributed by atoms with Crippen LogP contribution in [0.4, 0.5) is 0 Å². The average molecular weight is 380 g/mol. The molecule has 1 unspecified atom stereocenters. The van der Waals surface area contributed by atoms with Gasteiger partial charge in [0.25, 0.3) is 5.91 Å². The summed E-state index contributed by atoms with van der Waals surface area (Å²) in [5, 5.41) is 8.88. The van der Waals surface area contributed by atoms with Gasteiger partial charge in [-0.15, -0.1) is 5.48 Å². The van der Waals surface area contributed by atoms with E-state index in [4.69, 9.17) is 10.0 Å². The zero-order valence-electron chi connectivity index (χ0n) is 16.2. The van der Waals surface area contributed by atoms with E-state index in [0.717, 1.165) is 38.3 Å². The van der Waals surface area contributed by atoms with Crippen molar-refractivity contribution in [3.8, 4) is 0 Å². The summed E-state index contributed by atoms with van der Waals surface area (Å²) >= 11 is 0. The van der Waals surface area contributed by atoms with Crippen molar-refractivity contribution >= 4 is 17.7 Å². The number of hydroxylamine groups is 2. The standard InChI is InChI=1S/C19H32N4O4/c1-13-11-23(12-13)19(25)17-20-18(27-22-17)15(10-16(24)21-26)9-5-8-14-6-3-2-4-7-14/h13-15,17,22,26H,2-12H2,1H3,(H,21,24)/t15-,17?/m1/s1. The summed E-state index contributed by atoms with van der Waals surface area (Å²) in [5.74, 6) is 0.917. The van der Waals surface area contributed by atoms with Gasteiger partial charge in [-0.1, -0.05) is 51.9 Å². The number of carbonyl (C=O) groups is 2. The first kappa shape index (κ1) is 20.1. The number of hydrogen-bond donors (Lipinski definition) is 3. The maximum absolute atomic E-state index is 12.4. The van der Waals surface area contributed by atoms with Crippen molar-refractivity contribution in [3.05, 3.63) is 0 Å². The Balaban J connectivity index is 1.54. The van der Waals surface area contributed by atoms with E-state index < -0.39 is 12.1 Å². The van der Waals surface area contributed by atoms with Crippen LogP contribution in [0, 0.1) is 17.8 Å². The molecule has 2 aliphatic heterocycles. The minimum absolute atomic E-state index is 0.0873. The Hall–Kier alpha value is -1.67. The second-order valence-corrected chi connectivity index (χ2v) is 8.31. The molecule has 8 heteroatoms. The molecular weight excluding hydrogens is 348 g/mol. The van der Waals surface area contributed by atoms with E-state index >= 15 is 0 Å². The van der Waals surface area contributed by atoms with Gasteiger partial charge in [-0.25, -0.2) is 10.5 Å². The number of amides is 2. The number of aliphatic imine (C=N–C) groups is 1. The molecular formula is C19H32N4O4. The Bertz CT molecular complexity index is 556. The van der Waals surface area contributed by atoms with Gasteiger partial charge in [-0.3, -0.25) is 14.8 Å². The molecule has 2 amide bonds. The van der Waals surface area contributed by atoms with Crippen LogP contribution in [0.2, 0.25) is 0 Å². The van der Waals surface area contributed by atoms with Gasteiger partial charge in [-0.05, 0) is 18.3 Å². The molecule has 3 rings (SSSR count). The summed E-state index contributed by atoms with van der Waals surface area (Å²) in [7, 11) is 0. The van der Waals surface area contributed by atoms with Crippen molar-refractivity contribution in [2.75, 3.05) is 13.1 Å². The van der Waals surface area contributed by atoms with Crippen molar-refractivity contribution < 1.29 is 19.6 Å². The minimum Gasteiger partial charge on any atom is -0.390 e. The first-order chi connectivity index (χ1) is 13.1. The zero-order valence-corrected chi connectivity index (χ0v) is 16.2. The molecule has 152 valence electrons. The lowest BCUT2D eigenvalue weighted by molar-refractivity contribution is -0.140. The molecule has 2 fully saturated rings. The lowest BCUT2D eigenvalue weighted by atomic mass is 9.84. The summed E-state index contributed by atoms with van der Waals surface area (Å²) in [4.78, 5) is 35.7. The lowest BCUT2D eigenvalue weighted by Gasteiger charge is -2.37. The van der Waals surface area contributed by atoms with Crippen molar-refractivity contribution in [2.24, 2.45) is 22.7 Å². The van der Waals surface area contributed by atoms with Gasteiger partial charge in [-0.2, -0.15) is 0 Å². The highest BCUT2D eigenvalue weighted by Gasteiger charge is 2.37. The van der Waals surface area contributed by atoms with Gasteiger partial charge in [0.1, 0.15) is 0 Å². The summed E-state index contributed by atoms with van der Waals surface area (Å²) in [5.41, 5.74) is 4.38. The molecule has 0 aromatic rings. The van der Waals surface area contributed by atoms with Crippen LogP contribution < -0.4 is 11.0 Å². The minimum atomic E-state index is -0.731. The molecule has 1 aliphatic carbocycles. The number of likely N-dealkylation sites (tertiary alicyclic amines) is 1. The van der Waals surface area contributed by atoms with Gasteiger partial charge in [0.2, 0.25) is 18.0 Å². The van der Waals surface area contributed by atoms with Crippen LogP contribution in [0.3, 0.4) is 0 Å². The molecule has 1 saturated heterocycles. The van der Waals surface area contributed by atoms with Crippen LogP contribution in [0.15, 0.2) is 4.99 Å². The quantitative estimate of drug-likeness (QED) is 0.441. The van der Waals surface area contributed by atoms with Crippen molar-refractivity contribution in [2.45, 2.75) is 70.9 Å². The molecule has 2 atom stereocenters.